The summed E-state index contributed by atoms with van der Waals surface area (Å²) in [5, 5.41) is 5.27. The van der Waals surface area contributed by atoms with E-state index in [2.05, 4.69) is 20.3 Å². The third-order valence-corrected chi connectivity index (χ3v) is 6.77. The summed E-state index contributed by atoms with van der Waals surface area (Å²) in [5.41, 5.74) is 8.87. The molecule has 0 aliphatic carbocycles. The number of rotatable bonds is 7. The van der Waals surface area contributed by atoms with Gasteiger partial charge >= 0.3 is 6.03 Å². The van der Waals surface area contributed by atoms with Gasteiger partial charge in [-0.15, -0.1) is 0 Å². The number of anilines is 2. The topological polar surface area (TPSA) is 125 Å². The number of aromatic nitrogens is 3. The molecule has 3 aromatic heterocycles. The van der Waals surface area contributed by atoms with Gasteiger partial charge in [0, 0.05) is 40.5 Å². The second-order valence-electron chi connectivity index (χ2n) is 9.29. The van der Waals surface area contributed by atoms with Gasteiger partial charge in [-0.25, -0.2) is 14.2 Å². The lowest BCUT2D eigenvalue weighted by atomic mass is 10.0. The first-order valence-electron chi connectivity index (χ1n) is 12.5. The number of hydrogen-bond donors (Lipinski definition) is 2. The van der Waals surface area contributed by atoms with Crippen LogP contribution >= 0.6 is 0 Å². The number of benzene rings is 2. The molecule has 0 saturated carbocycles. The van der Waals surface area contributed by atoms with E-state index in [1.165, 1.54) is 17.0 Å². The largest absolute Gasteiger partial charge is 0.493 e. The second kappa shape index (κ2) is 10.2. The summed E-state index contributed by atoms with van der Waals surface area (Å²) in [5.74, 6) is 1.58. The fourth-order valence-corrected chi connectivity index (χ4v) is 4.80. The van der Waals surface area contributed by atoms with Crippen molar-refractivity contribution in [2.24, 2.45) is 0 Å². The van der Waals surface area contributed by atoms with Gasteiger partial charge in [0.15, 0.2) is 11.5 Å². The van der Waals surface area contributed by atoms with E-state index in [0.29, 0.717) is 51.9 Å². The molecule has 6 rings (SSSR count). The smallest absolute Gasteiger partial charge is 0.322 e. The Morgan fingerprint density at radius 3 is 2.65 bits per heavy atom. The Hall–Kier alpha value is -5.19. The highest BCUT2D eigenvalue weighted by atomic mass is 19.1. The number of nitrogens with zero attached hydrogens (tertiary/aromatic N) is 4. The number of hydrogen-bond acceptors (Lipinski definition) is 8. The number of fused-ring (bicyclic) bond motifs is 3. The molecular weight excluding hydrogens is 515 g/mol. The van der Waals surface area contributed by atoms with Crippen LogP contribution in [0.5, 0.6) is 17.2 Å². The molecule has 2 amide bonds. The van der Waals surface area contributed by atoms with Crippen molar-refractivity contribution in [2.75, 3.05) is 38.0 Å². The minimum Gasteiger partial charge on any atom is -0.493 e. The molecule has 4 heterocycles. The van der Waals surface area contributed by atoms with Crippen LogP contribution in [0.4, 0.5) is 20.7 Å². The number of urea groups is 1. The minimum absolute atomic E-state index is 0.202. The third kappa shape index (κ3) is 4.62. The maximum atomic E-state index is 13.6. The predicted molar refractivity (Wildman–Crippen MR) is 149 cm³/mol. The zero-order chi connectivity index (χ0) is 27.8. The van der Waals surface area contributed by atoms with E-state index < -0.39 is 5.82 Å². The number of nitrogen functional groups attached to an aromatic ring is 1. The van der Waals surface area contributed by atoms with Crippen molar-refractivity contribution in [2.45, 2.75) is 6.04 Å². The Morgan fingerprint density at radius 1 is 1.02 bits per heavy atom. The molecule has 5 aromatic rings. The highest BCUT2D eigenvalue weighted by Crippen LogP contribution is 2.37. The number of nitrogens with two attached hydrogens (primary N) is 1. The maximum Gasteiger partial charge on any atom is 0.322 e. The first-order valence-corrected chi connectivity index (χ1v) is 12.5. The van der Waals surface area contributed by atoms with Crippen molar-refractivity contribution in [1.29, 1.82) is 0 Å². The van der Waals surface area contributed by atoms with E-state index in [0.717, 1.165) is 16.3 Å². The molecule has 2 aromatic carbocycles. The molecule has 1 atom stereocenters. The van der Waals surface area contributed by atoms with Gasteiger partial charge in [0.2, 0.25) is 0 Å². The van der Waals surface area contributed by atoms with E-state index in [4.69, 9.17) is 19.9 Å². The maximum absolute atomic E-state index is 13.6. The standard InChI is InChI=1S/C29H25FN6O4/c1-38-26-9-22-21-8-24(35-28(31)23(21)13-33-25(22)10-27(26)39-2)16-6-20(12-32-11-16)40-15-18-14-36(29(37)34-18)19-5-3-4-17(30)7-19/h3-13,18H,14-15H2,1-2H3,(H2,31,35)(H,34,37)/t18-/m0/s1. The van der Waals surface area contributed by atoms with Gasteiger partial charge in [0.1, 0.15) is 24.0 Å². The lowest BCUT2D eigenvalue weighted by Crippen LogP contribution is -2.32. The molecule has 0 unspecified atom stereocenters. The Morgan fingerprint density at radius 2 is 1.85 bits per heavy atom. The normalized spacial score (nSPS) is 14.9. The number of pyridine rings is 3. The average molecular weight is 541 g/mol. The Labute approximate surface area is 228 Å². The van der Waals surface area contributed by atoms with Crippen molar-refractivity contribution in [3.63, 3.8) is 0 Å². The summed E-state index contributed by atoms with van der Waals surface area (Å²) in [4.78, 5) is 27.4. The SMILES string of the molecule is COc1cc2ncc3c(N)nc(-c4cncc(OC[C@@H]5CN(c6cccc(F)c6)C(=O)N5)c4)cc3c2cc1OC. The molecule has 1 fully saturated rings. The van der Waals surface area contributed by atoms with Gasteiger partial charge in [-0.2, -0.15) is 0 Å². The highest BCUT2D eigenvalue weighted by Gasteiger charge is 2.30. The fourth-order valence-electron chi connectivity index (χ4n) is 4.80. The summed E-state index contributed by atoms with van der Waals surface area (Å²) in [6.45, 7) is 0.543. The monoisotopic (exact) mass is 540 g/mol. The van der Waals surface area contributed by atoms with Crippen molar-refractivity contribution < 1.29 is 23.4 Å². The molecule has 3 N–H and O–H groups in total. The van der Waals surface area contributed by atoms with Crippen LogP contribution in [0.25, 0.3) is 32.9 Å². The van der Waals surface area contributed by atoms with Gasteiger partial charge in [-0.1, -0.05) is 6.07 Å². The molecule has 1 saturated heterocycles. The van der Waals surface area contributed by atoms with Gasteiger partial charge in [-0.05, 0) is 41.8 Å². The molecule has 0 radical (unpaired) electrons. The van der Waals surface area contributed by atoms with E-state index >= 15 is 0 Å². The lowest BCUT2D eigenvalue weighted by Gasteiger charge is -2.15. The van der Waals surface area contributed by atoms with Crippen LogP contribution in [0.1, 0.15) is 0 Å². The van der Waals surface area contributed by atoms with E-state index in [9.17, 15) is 9.18 Å². The molecule has 40 heavy (non-hydrogen) atoms. The number of carbonyl (C=O) groups is 1. The van der Waals surface area contributed by atoms with Gasteiger partial charge in [-0.3, -0.25) is 14.9 Å². The zero-order valence-electron chi connectivity index (χ0n) is 21.7. The molecular formula is C29H25FN6O4. The van der Waals surface area contributed by atoms with Crippen LogP contribution in [-0.4, -0.2) is 54.4 Å². The summed E-state index contributed by atoms with van der Waals surface area (Å²) in [7, 11) is 3.16. The van der Waals surface area contributed by atoms with E-state index in [1.807, 2.05) is 24.3 Å². The van der Waals surface area contributed by atoms with Crippen molar-refractivity contribution in [1.82, 2.24) is 20.3 Å². The molecule has 10 nitrogen and oxygen atoms in total. The summed E-state index contributed by atoms with van der Waals surface area (Å²) in [6, 6.07) is 12.7. The number of carbonyl (C=O) groups excluding carboxylic acids is 1. The van der Waals surface area contributed by atoms with Crippen molar-refractivity contribution in [3.05, 3.63) is 72.9 Å². The predicted octanol–water partition coefficient (Wildman–Crippen LogP) is 4.56. The Balaban J connectivity index is 1.26. The zero-order valence-corrected chi connectivity index (χ0v) is 21.7. The molecule has 11 heteroatoms. The van der Waals surface area contributed by atoms with Gasteiger partial charge in [0.25, 0.3) is 0 Å². The minimum atomic E-state index is -0.404. The fraction of sp³-hybridized carbons (Fsp3) is 0.172. The lowest BCUT2D eigenvalue weighted by molar-refractivity contribution is 0.244. The molecule has 202 valence electrons. The molecule has 0 spiro atoms. The van der Waals surface area contributed by atoms with Crippen LogP contribution in [0.2, 0.25) is 0 Å². The van der Waals surface area contributed by atoms with Crippen molar-refractivity contribution in [3.8, 4) is 28.5 Å². The number of halogens is 1. The highest BCUT2D eigenvalue weighted by molar-refractivity contribution is 6.10. The van der Waals surface area contributed by atoms with Gasteiger partial charge < -0.3 is 25.3 Å². The van der Waals surface area contributed by atoms with Crippen LogP contribution in [0.15, 0.2) is 67.1 Å². The van der Waals surface area contributed by atoms with E-state index in [-0.39, 0.29) is 18.7 Å². The Bertz CT molecular complexity index is 1760. The molecule has 1 aliphatic heterocycles. The first-order chi connectivity index (χ1) is 19.4. The Kier molecular flexibility index (Phi) is 6.39. The second-order valence-corrected chi connectivity index (χ2v) is 9.29. The van der Waals surface area contributed by atoms with Gasteiger partial charge in [0.05, 0.1) is 44.2 Å². The quantitative estimate of drug-likeness (QED) is 0.288. The number of nitrogens with one attached hydrogen (secondary N) is 1. The number of ether oxygens (including phenoxy) is 3. The number of methoxy groups -OCH3 is 2. The third-order valence-electron chi connectivity index (χ3n) is 6.77. The summed E-state index contributed by atoms with van der Waals surface area (Å²) >= 11 is 0. The van der Waals surface area contributed by atoms with Crippen LogP contribution in [-0.2, 0) is 0 Å². The van der Waals surface area contributed by atoms with Crippen LogP contribution in [0.3, 0.4) is 0 Å². The van der Waals surface area contributed by atoms with Crippen molar-refractivity contribution >= 4 is 39.2 Å². The van der Waals surface area contributed by atoms with Crippen LogP contribution in [0, 0.1) is 5.82 Å². The molecule has 1 aliphatic rings. The van der Waals surface area contributed by atoms with Crippen LogP contribution < -0.4 is 30.2 Å². The first kappa shape index (κ1) is 25.1. The molecule has 0 bridgehead atoms. The summed E-state index contributed by atoms with van der Waals surface area (Å²) < 4.78 is 30.5. The summed E-state index contributed by atoms with van der Waals surface area (Å²) in [6.07, 6.45) is 4.96. The van der Waals surface area contributed by atoms with E-state index in [1.54, 1.807) is 44.9 Å². The number of amides is 2. The average Bonchev–Trinajstić information content (AvgIpc) is 3.35.